The van der Waals surface area contributed by atoms with E-state index in [1.807, 2.05) is 32.0 Å². The number of ether oxygens (including phenoxy) is 1. The van der Waals surface area contributed by atoms with E-state index in [2.05, 4.69) is 5.32 Å². The van der Waals surface area contributed by atoms with E-state index in [0.717, 1.165) is 23.2 Å². The van der Waals surface area contributed by atoms with Gasteiger partial charge >= 0.3 is 5.97 Å². The van der Waals surface area contributed by atoms with Crippen molar-refractivity contribution >= 4 is 11.7 Å². The molecule has 1 atom stereocenters. The van der Waals surface area contributed by atoms with Crippen molar-refractivity contribution in [1.29, 1.82) is 0 Å². The van der Waals surface area contributed by atoms with Crippen LogP contribution >= 0.6 is 0 Å². The van der Waals surface area contributed by atoms with Gasteiger partial charge in [0.1, 0.15) is 6.04 Å². The van der Waals surface area contributed by atoms with Crippen LogP contribution in [0.15, 0.2) is 18.2 Å². The van der Waals surface area contributed by atoms with Crippen LogP contribution in [0.5, 0.6) is 0 Å². The molecule has 1 unspecified atom stereocenters. The number of anilines is 1. The number of hydrogen-bond donors (Lipinski definition) is 1. The predicted molar refractivity (Wildman–Crippen MR) is 58.9 cm³/mol. The van der Waals surface area contributed by atoms with E-state index in [1.165, 1.54) is 0 Å². The molecule has 0 spiro atoms. The van der Waals surface area contributed by atoms with Crippen molar-refractivity contribution < 1.29 is 9.53 Å². The SMILES string of the molecule is Cc1cccc(C)c1NC1CCOC1=O. The van der Waals surface area contributed by atoms with Crippen molar-refractivity contribution in [2.45, 2.75) is 26.3 Å². The van der Waals surface area contributed by atoms with Crippen molar-refractivity contribution in [2.75, 3.05) is 11.9 Å². The molecule has 1 heterocycles. The Morgan fingerprint density at radius 1 is 1.33 bits per heavy atom. The Kier molecular flexibility index (Phi) is 2.62. The topological polar surface area (TPSA) is 38.3 Å². The zero-order chi connectivity index (χ0) is 10.8. The molecule has 1 aromatic carbocycles. The van der Waals surface area contributed by atoms with E-state index in [4.69, 9.17) is 4.74 Å². The quantitative estimate of drug-likeness (QED) is 0.751. The molecule has 0 amide bonds. The predicted octanol–water partition coefficient (Wildman–Crippen LogP) is 2.03. The van der Waals surface area contributed by atoms with Crippen LogP contribution in [0.4, 0.5) is 5.69 Å². The van der Waals surface area contributed by atoms with Crippen LogP contribution in [0.1, 0.15) is 17.5 Å². The highest BCUT2D eigenvalue weighted by molar-refractivity contribution is 5.81. The van der Waals surface area contributed by atoms with Crippen LogP contribution in [-0.4, -0.2) is 18.6 Å². The lowest BCUT2D eigenvalue weighted by Crippen LogP contribution is -2.25. The Morgan fingerprint density at radius 3 is 2.53 bits per heavy atom. The van der Waals surface area contributed by atoms with E-state index in [1.54, 1.807) is 0 Å². The summed E-state index contributed by atoms with van der Waals surface area (Å²) in [7, 11) is 0. The summed E-state index contributed by atoms with van der Waals surface area (Å²) in [5.41, 5.74) is 3.38. The monoisotopic (exact) mass is 205 g/mol. The summed E-state index contributed by atoms with van der Waals surface area (Å²) >= 11 is 0. The maximum atomic E-state index is 11.3. The van der Waals surface area contributed by atoms with Gasteiger partial charge in [0.15, 0.2) is 0 Å². The summed E-state index contributed by atoms with van der Waals surface area (Å²) in [6.45, 7) is 4.60. The smallest absolute Gasteiger partial charge is 0.328 e. The van der Waals surface area contributed by atoms with Crippen molar-refractivity contribution in [2.24, 2.45) is 0 Å². The van der Waals surface area contributed by atoms with Gasteiger partial charge < -0.3 is 10.1 Å². The van der Waals surface area contributed by atoms with Crippen molar-refractivity contribution in [1.82, 2.24) is 0 Å². The average Bonchev–Trinajstić information content (AvgIpc) is 2.58. The molecule has 1 aliphatic rings. The summed E-state index contributed by atoms with van der Waals surface area (Å²) in [6.07, 6.45) is 0.757. The van der Waals surface area contributed by atoms with E-state index in [-0.39, 0.29) is 12.0 Å². The van der Waals surface area contributed by atoms with Gasteiger partial charge in [-0.25, -0.2) is 4.79 Å². The molecule has 3 heteroatoms. The molecule has 1 N–H and O–H groups in total. The van der Waals surface area contributed by atoms with E-state index < -0.39 is 0 Å². The van der Waals surface area contributed by atoms with Gasteiger partial charge in [-0.05, 0) is 25.0 Å². The van der Waals surface area contributed by atoms with Crippen LogP contribution in [0.25, 0.3) is 0 Å². The fourth-order valence-corrected chi connectivity index (χ4v) is 1.84. The van der Waals surface area contributed by atoms with Gasteiger partial charge in [0, 0.05) is 12.1 Å². The number of carbonyl (C=O) groups excluding carboxylic acids is 1. The molecule has 0 radical (unpaired) electrons. The first-order valence-electron chi connectivity index (χ1n) is 5.18. The van der Waals surface area contributed by atoms with Gasteiger partial charge in [0.05, 0.1) is 6.61 Å². The first-order valence-corrected chi connectivity index (χ1v) is 5.18. The van der Waals surface area contributed by atoms with Crippen LogP contribution in [0, 0.1) is 13.8 Å². The standard InChI is InChI=1S/C12H15NO2/c1-8-4-3-5-9(2)11(8)13-10-6-7-15-12(10)14/h3-5,10,13H,6-7H2,1-2H3. The zero-order valence-electron chi connectivity index (χ0n) is 9.04. The van der Waals surface area contributed by atoms with Gasteiger partial charge in [-0.3, -0.25) is 0 Å². The zero-order valence-corrected chi connectivity index (χ0v) is 9.04. The van der Waals surface area contributed by atoms with Gasteiger partial charge in [-0.1, -0.05) is 18.2 Å². The number of para-hydroxylation sites is 1. The Hall–Kier alpha value is -1.51. The third-order valence-corrected chi connectivity index (χ3v) is 2.74. The number of hydrogen-bond acceptors (Lipinski definition) is 3. The molecule has 0 bridgehead atoms. The molecule has 1 saturated heterocycles. The summed E-state index contributed by atoms with van der Waals surface area (Å²) in [5.74, 6) is -0.141. The highest BCUT2D eigenvalue weighted by atomic mass is 16.5. The van der Waals surface area contributed by atoms with Gasteiger partial charge in [0.2, 0.25) is 0 Å². The fourth-order valence-electron chi connectivity index (χ4n) is 1.84. The second-order valence-electron chi connectivity index (χ2n) is 3.92. The number of carbonyl (C=O) groups is 1. The normalized spacial score (nSPS) is 20.1. The summed E-state index contributed by atoms with van der Waals surface area (Å²) in [4.78, 5) is 11.3. The van der Waals surface area contributed by atoms with E-state index in [9.17, 15) is 4.79 Å². The maximum absolute atomic E-state index is 11.3. The summed E-state index contributed by atoms with van der Waals surface area (Å²) in [5, 5.41) is 3.25. The van der Waals surface area contributed by atoms with E-state index in [0.29, 0.717) is 6.61 Å². The van der Waals surface area contributed by atoms with Crippen molar-refractivity contribution in [3.05, 3.63) is 29.3 Å². The minimum absolute atomic E-state index is 0.141. The van der Waals surface area contributed by atoms with Crippen molar-refractivity contribution in [3.63, 3.8) is 0 Å². The summed E-state index contributed by atoms with van der Waals surface area (Å²) in [6, 6.07) is 5.92. The number of aryl methyl sites for hydroxylation is 2. The molecule has 1 aromatic rings. The molecule has 1 aliphatic heterocycles. The lowest BCUT2D eigenvalue weighted by atomic mass is 10.1. The van der Waals surface area contributed by atoms with Crippen molar-refractivity contribution in [3.8, 4) is 0 Å². The number of esters is 1. The first kappa shape index (κ1) is 10.0. The lowest BCUT2D eigenvalue weighted by molar-refractivity contribution is -0.138. The molecule has 2 rings (SSSR count). The Morgan fingerprint density at radius 2 is 2.00 bits per heavy atom. The maximum Gasteiger partial charge on any atom is 0.328 e. The summed E-state index contributed by atoms with van der Waals surface area (Å²) < 4.78 is 4.92. The van der Waals surface area contributed by atoms with Crippen LogP contribution < -0.4 is 5.32 Å². The average molecular weight is 205 g/mol. The largest absolute Gasteiger partial charge is 0.464 e. The highest BCUT2D eigenvalue weighted by Gasteiger charge is 2.26. The lowest BCUT2D eigenvalue weighted by Gasteiger charge is -2.15. The number of rotatable bonds is 2. The second-order valence-corrected chi connectivity index (χ2v) is 3.92. The molecule has 0 aliphatic carbocycles. The fraction of sp³-hybridized carbons (Fsp3) is 0.417. The second kappa shape index (κ2) is 3.93. The number of nitrogens with one attached hydrogen (secondary N) is 1. The molecular weight excluding hydrogens is 190 g/mol. The Bertz CT molecular complexity index is 367. The molecule has 3 nitrogen and oxygen atoms in total. The molecule has 0 saturated carbocycles. The third kappa shape index (κ3) is 1.96. The van der Waals surface area contributed by atoms with Gasteiger partial charge in [0.25, 0.3) is 0 Å². The number of benzene rings is 1. The molecule has 15 heavy (non-hydrogen) atoms. The minimum atomic E-state index is -0.176. The molecule has 80 valence electrons. The number of cyclic esters (lactones) is 1. The van der Waals surface area contributed by atoms with Crippen LogP contribution in [0.3, 0.4) is 0 Å². The van der Waals surface area contributed by atoms with Crippen LogP contribution in [-0.2, 0) is 9.53 Å². The molecule has 0 aromatic heterocycles. The molecular formula is C12H15NO2. The van der Waals surface area contributed by atoms with Crippen LogP contribution in [0.2, 0.25) is 0 Å². The minimum Gasteiger partial charge on any atom is -0.464 e. The molecule has 1 fully saturated rings. The highest BCUT2D eigenvalue weighted by Crippen LogP contribution is 2.22. The Balaban J connectivity index is 2.20. The van der Waals surface area contributed by atoms with E-state index >= 15 is 0 Å². The Labute approximate surface area is 89.4 Å². The van der Waals surface area contributed by atoms with Gasteiger partial charge in [-0.15, -0.1) is 0 Å². The van der Waals surface area contributed by atoms with Gasteiger partial charge in [-0.2, -0.15) is 0 Å². The first-order chi connectivity index (χ1) is 7.18. The third-order valence-electron chi connectivity index (χ3n) is 2.74.